The van der Waals surface area contributed by atoms with Gasteiger partial charge in [0.2, 0.25) is 59.1 Å². The zero-order chi connectivity index (χ0) is 41.1. The molecule has 0 aromatic rings. The summed E-state index contributed by atoms with van der Waals surface area (Å²) in [6, 6.07) is -8.14. The van der Waals surface area contributed by atoms with E-state index in [4.69, 9.17) is 16.6 Å². The molecule has 0 radical (unpaired) electrons. The third-order valence-electron chi connectivity index (χ3n) is 8.04. The van der Waals surface area contributed by atoms with Crippen LogP contribution in [0.25, 0.3) is 0 Å². The molecule has 0 aromatic heterocycles. The van der Waals surface area contributed by atoms with Crippen molar-refractivity contribution in [2.24, 2.45) is 11.5 Å². The average Bonchev–Trinajstić information content (AvgIpc) is 3.58. The highest BCUT2D eigenvalue weighted by molar-refractivity contribution is 5.99. The standard InChI is InChI=1S/C32H52N10O12/c1-5-6-7-10-24(45)35-14-25(46)37-17(3)29(51)41-20(13-23(34)44)32(54)42-11-8-9-21(42)31(53)40-19(12-22(33)43)30(52)39-18(4)28(50)38-16(2)27(49)36-15-26(47)48/h16-21H,5-15H2,1-4H3,(H2,33,43)(H2,34,44)(H,35,45)(H,36,49)(H,37,46)(H,38,50)(H,39,52)(H,40,53)(H,41,51)(H,47,48)/t16-,17-,18-,19-,20-,21-/m0/s1. The molecule has 1 heterocycles. The Labute approximate surface area is 311 Å². The van der Waals surface area contributed by atoms with Gasteiger partial charge in [0.15, 0.2) is 0 Å². The van der Waals surface area contributed by atoms with Crippen molar-refractivity contribution in [1.82, 2.24) is 42.1 Å². The van der Waals surface area contributed by atoms with E-state index in [-0.39, 0.29) is 25.3 Å². The maximum absolute atomic E-state index is 13.6. The van der Waals surface area contributed by atoms with Gasteiger partial charge in [0, 0.05) is 13.0 Å². The van der Waals surface area contributed by atoms with Crippen LogP contribution in [0.15, 0.2) is 0 Å². The van der Waals surface area contributed by atoms with E-state index in [2.05, 4.69) is 37.2 Å². The molecular weight excluding hydrogens is 716 g/mol. The number of carboxylic acids is 1. The molecule has 22 heteroatoms. The van der Waals surface area contributed by atoms with Gasteiger partial charge in [-0.1, -0.05) is 19.8 Å². The van der Waals surface area contributed by atoms with Gasteiger partial charge in [0.25, 0.3) is 0 Å². The highest BCUT2D eigenvalue weighted by Crippen LogP contribution is 2.20. The number of likely N-dealkylation sites (tertiary alicyclic amines) is 1. The molecule has 10 amide bonds. The number of hydrogen-bond acceptors (Lipinski definition) is 11. The molecule has 22 nitrogen and oxygen atoms in total. The van der Waals surface area contributed by atoms with Gasteiger partial charge in [0.1, 0.15) is 42.8 Å². The lowest BCUT2D eigenvalue weighted by molar-refractivity contribution is -0.143. The largest absolute Gasteiger partial charge is 0.480 e. The maximum Gasteiger partial charge on any atom is 0.322 e. The van der Waals surface area contributed by atoms with Gasteiger partial charge in [-0.15, -0.1) is 0 Å². The first-order valence-corrected chi connectivity index (χ1v) is 17.4. The Hall–Kier alpha value is -5.83. The predicted molar refractivity (Wildman–Crippen MR) is 187 cm³/mol. The van der Waals surface area contributed by atoms with E-state index in [1.165, 1.54) is 20.8 Å². The number of amides is 10. The molecule has 12 N–H and O–H groups in total. The fraction of sp³-hybridized carbons (Fsp3) is 0.656. The minimum atomic E-state index is -1.62. The molecule has 0 saturated carbocycles. The molecule has 0 unspecified atom stereocenters. The Bertz CT molecular complexity index is 1440. The predicted octanol–water partition coefficient (Wildman–Crippen LogP) is -4.89. The molecule has 1 aliphatic rings. The second-order valence-corrected chi connectivity index (χ2v) is 12.7. The van der Waals surface area contributed by atoms with Crippen LogP contribution in [-0.2, 0) is 52.7 Å². The highest BCUT2D eigenvalue weighted by Gasteiger charge is 2.40. The van der Waals surface area contributed by atoms with Crippen molar-refractivity contribution in [2.75, 3.05) is 19.6 Å². The third kappa shape index (κ3) is 16.7. The molecule has 1 saturated heterocycles. The zero-order valence-electron chi connectivity index (χ0n) is 30.8. The Morgan fingerprint density at radius 3 is 1.81 bits per heavy atom. The number of nitrogens with one attached hydrogen (secondary N) is 7. The van der Waals surface area contributed by atoms with Crippen LogP contribution in [-0.4, -0.2) is 131 Å². The average molecular weight is 769 g/mol. The molecule has 1 fully saturated rings. The summed E-state index contributed by atoms with van der Waals surface area (Å²) in [5, 5.41) is 24.9. The van der Waals surface area contributed by atoms with Crippen molar-refractivity contribution in [3.05, 3.63) is 0 Å². The molecule has 0 aliphatic carbocycles. The number of hydrogen-bond donors (Lipinski definition) is 10. The van der Waals surface area contributed by atoms with Gasteiger partial charge >= 0.3 is 5.97 Å². The number of carbonyl (C=O) groups is 11. The van der Waals surface area contributed by atoms with Gasteiger partial charge in [-0.25, -0.2) is 0 Å². The van der Waals surface area contributed by atoms with Crippen LogP contribution < -0.4 is 48.7 Å². The number of aliphatic carboxylic acids is 1. The first-order chi connectivity index (χ1) is 25.3. The molecule has 302 valence electrons. The lowest BCUT2D eigenvalue weighted by Crippen LogP contribution is -2.59. The Morgan fingerprint density at radius 2 is 1.22 bits per heavy atom. The molecule has 6 atom stereocenters. The first-order valence-electron chi connectivity index (χ1n) is 17.4. The quantitative estimate of drug-likeness (QED) is 0.0438. The summed E-state index contributed by atoms with van der Waals surface area (Å²) in [5.41, 5.74) is 10.6. The monoisotopic (exact) mass is 768 g/mol. The number of nitrogens with zero attached hydrogens (tertiary/aromatic N) is 1. The fourth-order valence-corrected chi connectivity index (χ4v) is 5.14. The summed E-state index contributed by atoms with van der Waals surface area (Å²) in [6.07, 6.45) is 1.64. The van der Waals surface area contributed by atoms with Crippen LogP contribution in [0.2, 0.25) is 0 Å². The number of unbranched alkanes of at least 4 members (excludes halogenated alkanes) is 2. The topological polar surface area (TPSA) is 347 Å². The van der Waals surface area contributed by atoms with Gasteiger partial charge in [0.05, 0.1) is 19.4 Å². The van der Waals surface area contributed by atoms with Crippen LogP contribution in [0.1, 0.15) is 79.1 Å². The molecule has 54 heavy (non-hydrogen) atoms. The normalized spacial score (nSPS) is 16.2. The second kappa shape index (κ2) is 23.0. The van der Waals surface area contributed by atoms with Crippen LogP contribution >= 0.6 is 0 Å². The molecular formula is C32H52N10O12. The summed E-state index contributed by atoms with van der Waals surface area (Å²) < 4.78 is 0. The summed E-state index contributed by atoms with van der Waals surface area (Å²) in [4.78, 5) is 137. The van der Waals surface area contributed by atoms with Crippen molar-refractivity contribution >= 4 is 65.0 Å². The van der Waals surface area contributed by atoms with E-state index < -0.39 is 121 Å². The summed E-state index contributed by atoms with van der Waals surface area (Å²) >= 11 is 0. The van der Waals surface area contributed by atoms with Crippen molar-refractivity contribution in [3.63, 3.8) is 0 Å². The number of primary amides is 2. The van der Waals surface area contributed by atoms with E-state index in [0.29, 0.717) is 12.8 Å². The third-order valence-corrected chi connectivity index (χ3v) is 8.04. The SMILES string of the molecule is CCCCCC(=O)NCC(=O)N[C@@H](C)C(=O)N[C@@H](CC(N)=O)C(=O)N1CCC[C@H]1C(=O)N[C@@H](CC(N)=O)C(=O)N[C@@H](C)C(=O)N[C@@H](C)C(=O)NCC(=O)O. The molecule has 0 bridgehead atoms. The van der Waals surface area contributed by atoms with Crippen molar-refractivity contribution in [3.8, 4) is 0 Å². The zero-order valence-corrected chi connectivity index (χ0v) is 30.8. The summed E-state index contributed by atoms with van der Waals surface area (Å²) in [6.45, 7) is 4.70. The smallest absolute Gasteiger partial charge is 0.322 e. The van der Waals surface area contributed by atoms with E-state index in [0.717, 1.165) is 17.7 Å². The fourth-order valence-electron chi connectivity index (χ4n) is 5.14. The minimum absolute atomic E-state index is 0.00555. The Balaban J connectivity index is 2.94. The van der Waals surface area contributed by atoms with Gasteiger partial charge in [-0.3, -0.25) is 52.7 Å². The van der Waals surface area contributed by atoms with E-state index in [1.54, 1.807) is 0 Å². The minimum Gasteiger partial charge on any atom is -0.480 e. The highest BCUT2D eigenvalue weighted by atomic mass is 16.4. The van der Waals surface area contributed by atoms with Gasteiger partial charge in [-0.2, -0.15) is 0 Å². The molecule has 0 spiro atoms. The Kier molecular flexibility index (Phi) is 19.6. The van der Waals surface area contributed by atoms with E-state index in [1.807, 2.05) is 6.92 Å². The first kappa shape index (κ1) is 46.2. The second-order valence-electron chi connectivity index (χ2n) is 12.7. The number of carbonyl (C=O) groups excluding carboxylic acids is 10. The Morgan fingerprint density at radius 1 is 0.667 bits per heavy atom. The van der Waals surface area contributed by atoms with Crippen LogP contribution in [0.5, 0.6) is 0 Å². The van der Waals surface area contributed by atoms with Crippen LogP contribution in [0.4, 0.5) is 0 Å². The molecule has 0 aromatic carbocycles. The van der Waals surface area contributed by atoms with E-state index >= 15 is 0 Å². The lowest BCUT2D eigenvalue weighted by atomic mass is 10.1. The number of carboxylic acid groups (broad SMARTS) is 1. The number of nitrogens with two attached hydrogens (primary N) is 2. The maximum atomic E-state index is 13.6. The van der Waals surface area contributed by atoms with Crippen LogP contribution in [0, 0.1) is 0 Å². The van der Waals surface area contributed by atoms with Gasteiger partial charge in [-0.05, 0) is 40.0 Å². The van der Waals surface area contributed by atoms with Crippen molar-refractivity contribution in [2.45, 2.75) is 115 Å². The molecule has 1 aliphatic heterocycles. The van der Waals surface area contributed by atoms with Gasteiger partial charge < -0.3 is 58.7 Å². The number of rotatable bonds is 23. The van der Waals surface area contributed by atoms with Crippen molar-refractivity contribution in [1.29, 1.82) is 0 Å². The van der Waals surface area contributed by atoms with Crippen LogP contribution in [0.3, 0.4) is 0 Å². The van der Waals surface area contributed by atoms with Crippen molar-refractivity contribution < 1.29 is 57.8 Å². The lowest BCUT2D eigenvalue weighted by Gasteiger charge is -2.30. The summed E-state index contributed by atoms with van der Waals surface area (Å²) in [7, 11) is 0. The molecule has 1 rings (SSSR count). The van der Waals surface area contributed by atoms with E-state index in [9.17, 15) is 52.7 Å². The summed E-state index contributed by atoms with van der Waals surface area (Å²) in [5.74, 6) is -9.64.